The minimum Gasteiger partial charge on any atom is -0.416 e. The van der Waals surface area contributed by atoms with E-state index in [1.807, 2.05) is 208 Å². The van der Waals surface area contributed by atoms with Crippen LogP contribution in [-0.4, -0.2) is 142 Å². The first-order valence-corrected chi connectivity index (χ1v) is 54.0. The Morgan fingerprint density at radius 2 is 0.392 bits per heavy atom. The molecule has 0 spiro atoms. The van der Waals surface area contributed by atoms with Crippen LogP contribution in [0.4, 0.5) is 0 Å². The smallest absolute Gasteiger partial charge is 0.395 e. The normalized spacial score (nSPS) is 14.2. The highest BCUT2D eigenvalue weighted by molar-refractivity contribution is 6.98. The zero-order valence-corrected chi connectivity index (χ0v) is 59.7. The van der Waals surface area contributed by atoms with Gasteiger partial charge in [0, 0.05) is 0 Å². The van der Waals surface area contributed by atoms with Crippen molar-refractivity contribution < 1.29 is 72.6 Å². The topological polar surface area (TPSA) is 258 Å². The highest BCUT2D eigenvalue weighted by Gasteiger charge is 2.48. The predicted molar refractivity (Wildman–Crippen MR) is 342 cm³/mol. The van der Waals surface area contributed by atoms with Gasteiger partial charge in [0.25, 0.3) is 0 Å². The molecule has 0 amide bonds. The minimum atomic E-state index is -3.39. The van der Waals surface area contributed by atoms with Gasteiger partial charge in [-0.3, -0.25) is 0 Å². The van der Waals surface area contributed by atoms with Crippen LogP contribution < -0.4 is 31.1 Å². The van der Waals surface area contributed by atoms with Crippen LogP contribution in [0.15, 0.2) is 182 Å². The van der Waals surface area contributed by atoms with Crippen LogP contribution in [0.1, 0.15) is 0 Å². The summed E-state index contributed by atoms with van der Waals surface area (Å²) in [5, 5.41) is 4.63. The van der Waals surface area contributed by atoms with E-state index in [2.05, 4.69) is 0 Å². The average molecular weight is 1280 g/mol. The van der Waals surface area contributed by atoms with Gasteiger partial charge in [0.2, 0.25) is 0 Å². The molecule has 2 atom stereocenters. The molecule has 6 rings (SSSR count). The molecule has 0 bridgehead atoms. The lowest BCUT2D eigenvalue weighted by atomic mass is 10.4. The fourth-order valence-corrected chi connectivity index (χ4v) is 39.6. The molecule has 0 saturated heterocycles. The average Bonchev–Trinajstić information content (AvgIpc) is 3.30. The largest absolute Gasteiger partial charge is 0.416 e. The van der Waals surface area contributed by atoms with Crippen molar-refractivity contribution in [1.82, 2.24) is 0 Å². The third-order valence-corrected chi connectivity index (χ3v) is 38.6. The standard InChI is InChI=1S/C16H24O4Si3.C14H18O3Si2.C11H22O4Si3.C9H16O3Si2.C2H8O2Si/c1-21(2,17)19-22(3,4)20-23(18,15-11-7-5-8-12-15)16-13-9-6-10-14-16;1-18(2,15)17-19(16,13-9-5-3-6-10-13)14-11-7-4-8-12-14;1-16(2,12)14-17(3,4)15-18(5,13)11-9-7-6-8-10-11;1-13(2,10)12-14(3,11)9-7-5-4-6-8-9;1-5(2,3)4/h5-14,17-18H,1-4H3;3-12,15-16H,1-2H3;6-10,12-13H,1-5H3;4-8,10-11H,1-3H3;3-4H,1-2H3. The Balaban J connectivity index is 0.000000354. The van der Waals surface area contributed by atoms with Crippen molar-refractivity contribution in [3.63, 3.8) is 0 Å². The van der Waals surface area contributed by atoms with Crippen LogP contribution in [0.5, 0.6) is 0 Å². The van der Waals surface area contributed by atoms with E-state index in [0.717, 1.165) is 31.1 Å². The highest BCUT2D eigenvalue weighted by Crippen LogP contribution is 2.20. The summed E-state index contributed by atoms with van der Waals surface area (Å²) in [6.07, 6.45) is 0. The highest BCUT2D eigenvalue weighted by atomic mass is 28.5. The number of benzene rings is 6. The van der Waals surface area contributed by atoms with E-state index in [0.29, 0.717) is 0 Å². The Labute approximate surface area is 481 Å². The Morgan fingerprint density at radius 1 is 0.215 bits per heavy atom. The van der Waals surface area contributed by atoms with Crippen molar-refractivity contribution in [2.75, 3.05) is 0 Å². The zero-order valence-electron chi connectivity index (χ0n) is 48.7. The van der Waals surface area contributed by atoms with Gasteiger partial charge in [0.1, 0.15) is 0 Å². The van der Waals surface area contributed by atoms with Crippen LogP contribution in [0, 0.1) is 0 Å². The molecular formula is C52H88O16Si11. The molecule has 6 aromatic carbocycles. The molecule has 0 aromatic heterocycles. The lowest BCUT2D eigenvalue weighted by molar-refractivity contribution is 0.296. The van der Waals surface area contributed by atoms with Gasteiger partial charge in [-0.1, -0.05) is 182 Å². The van der Waals surface area contributed by atoms with Crippen molar-refractivity contribution >= 4 is 125 Å². The summed E-state index contributed by atoms with van der Waals surface area (Å²) in [5.41, 5.74) is 0. The molecule has 0 aliphatic carbocycles. The fourth-order valence-electron chi connectivity index (χ4n) is 7.76. The summed E-state index contributed by atoms with van der Waals surface area (Å²) in [4.78, 5) is 99.2. The molecule has 436 valence electrons. The zero-order chi connectivity index (χ0) is 60.4. The van der Waals surface area contributed by atoms with Crippen LogP contribution in [0.3, 0.4) is 0 Å². The number of rotatable bonds is 18. The summed E-state index contributed by atoms with van der Waals surface area (Å²) >= 11 is 0. The first-order valence-electron chi connectivity index (χ1n) is 25.6. The maximum absolute atomic E-state index is 11.5. The third-order valence-electron chi connectivity index (χ3n) is 9.95. The van der Waals surface area contributed by atoms with Crippen molar-refractivity contribution in [3.8, 4) is 0 Å². The molecule has 6 aromatic rings. The van der Waals surface area contributed by atoms with Gasteiger partial charge in [0.15, 0.2) is 0 Å². The van der Waals surface area contributed by atoms with Crippen LogP contribution in [-0.2, 0) is 24.7 Å². The third kappa shape index (κ3) is 29.2. The van der Waals surface area contributed by atoms with Gasteiger partial charge in [-0.05, 0) is 136 Å². The molecule has 0 fully saturated rings. The molecule has 10 N–H and O–H groups in total. The number of hydrogen-bond acceptors (Lipinski definition) is 16. The van der Waals surface area contributed by atoms with E-state index in [1.54, 1.807) is 65.5 Å². The summed E-state index contributed by atoms with van der Waals surface area (Å²) < 4.78 is 34.8. The number of hydrogen-bond donors (Lipinski definition) is 10. The van der Waals surface area contributed by atoms with Gasteiger partial charge in [0.05, 0.1) is 0 Å². The van der Waals surface area contributed by atoms with Crippen LogP contribution in [0.25, 0.3) is 0 Å². The molecule has 0 aliphatic heterocycles. The second-order valence-corrected chi connectivity index (χ2v) is 57.2. The Morgan fingerprint density at radius 3 is 0.608 bits per heavy atom. The maximum Gasteiger partial charge on any atom is 0.395 e. The van der Waals surface area contributed by atoms with Crippen molar-refractivity contribution in [2.45, 2.75) is 105 Å². The Kier molecular flexibility index (Phi) is 27.4. The summed E-state index contributed by atoms with van der Waals surface area (Å²) in [7, 11) is -31.3. The first kappa shape index (κ1) is 72.2. The van der Waals surface area contributed by atoms with Gasteiger partial charge >= 0.3 is 94.2 Å². The molecule has 0 radical (unpaired) electrons. The van der Waals surface area contributed by atoms with Gasteiger partial charge < -0.3 is 72.6 Å². The van der Waals surface area contributed by atoms with Crippen LogP contribution >= 0.6 is 0 Å². The van der Waals surface area contributed by atoms with Crippen molar-refractivity contribution in [3.05, 3.63) is 182 Å². The van der Waals surface area contributed by atoms with Gasteiger partial charge in [-0.15, -0.1) is 0 Å². The monoisotopic (exact) mass is 1280 g/mol. The lowest BCUT2D eigenvalue weighted by Gasteiger charge is -2.36. The molecule has 27 heteroatoms. The molecule has 0 heterocycles. The molecule has 0 saturated carbocycles. The van der Waals surface area contributed by atoms with Crippen LogP contribution in [0.2, 0.25) is 105 Å². The van der Waals surface area contributed by atoms with E-state index in [-0.39, 0.29) is 0 Å². The van der Waals surface area contributed by atoms with E-state index in [4.69, 9.17) is 34.3 Å². The van der Waals surface area contributed by atoms with Crippen molar-refractivity contribution in [2.24, 2.45) is 0 Å². The second-order valence-electron chi connectivity index (χ2n) is 22.1. The summed E-state index contributed by atoms with van der Waals surface area (Å²) in [5.74, 6) is 0. The van der Waals surface area contributed by atoms with E-state index >= 15 is 0 Å². The summed E-state index contributed by atoms with van der Waals surface area (Å²) in [6.45, 7) is 27.1. The second kappa shape index (κ2) is 30.0. The van der Waals surface area contributed by atoms with E-state index in [1.165, 1.54) is 13.1 Å². The maximum atomic E-state index is 11.5. The molecule has 0 aliphatic rings. The molecular weight excluding hydrogens is 1190 g/mol. The van der Waals surface area contributed by atoms with Gasteiger partial charge in [-0.25, -0.2) is 0 Å². The molecule has 2 unspecified atom stereocenters. The Hall–Kier alpha value is -2.93. The van der Waals surface area contributed by atoms with E-state index in [9.17, 15) is 38.4 Å². The van der Waals surface area contributed by atoms with Gasteiger partial charge in [-0.2, -0.15) is 0 Å². The SMILES string of the molecule is C[Si](C)(O)O.C[Si](C)(O)O[Si](C)(C)O[Si](C)(O)c1ccccc1.C[Si](C)(O)O[Si](C)(C)O[Si](O)(c1ccccc1)c1ccccc1.C[Si](C)(O)O[Si](C)(O)c1ccccc1.C[Si](C)(O)O[Si](O)(c1ccccc1)c1ccccc1. The fraction of sp³-hybridized carbons (Fsp3) is 0.308. The Bertz CT molecular complexity index is 2550. The molecule has 79 heavy (non-hydrogen) atoms. The predicted octanol–water partition coefficient (Wildman–Crippen LogP) is 4.34. The van der Waals surface area contributed by atoms with Crippen molar-refractivity contribution in [1.29, 1.82) is 0 Å². The first-order chi connectivity index (χ1) is 35.9. The minimum absolute atomic E-state index is 0.746. The molecule has 16 nitrogen and oxygen atoms in total. The quantitative estimate of drug-likeness (QED) is 0.0537. The van der Waals surface area contributed by atoms with E-state index < -0.39 is 94.2 Å². The lowest BCUT2D eigenvalue weighted by Crippen LogP contribution is -2.67. The summed E-state index contributed by atoms with van der Waals surface area (Å²) in [6, 6.07) is 56.1.